The zero-order chi connectivity index (χ0) is 13.1. The van der Waals surface area contributed by atoms with E-state index >= 15 is 0 Å². The first-order chi connectivity index (χ1) is 9.31. The molecule has 4 nitrogen and oxygen atoms in total. The molecule has 2 aromatic rings. The Balaban J connectivity index is 1.52. The van der Waals surface area contributed by atoms with Gasteiger partial charge in [-0.3, -0.25) is 0 Å². The summed E-state index contributed by atoms with van der Waals surface area (Å²) < 4.78 is 1.96. The molecule has 19 heavy (non-hydrogen) atoms. The Hall–Kier alpha value is -1.33. The molecule has 1 saturated carbocycles. The normalized spacial score (nSPS) is 14.8. The maximum Gasteiger partial charge on any atom is 0.142 e. The van der Waals surface area contributed by atoms with Gasteiger partial charge in [-0.25, -0.2) is 0 Å². The van der Waals surface area contributed by atoms with E-state index in [1.807, 2.05) is 11.6 Å². The minimum Gasteiger partial charge on any atom is -0.320 e. The number of thioether (sulfide) groups is 1. The van der Waals surface area contributed by atoms with Crippen molar-refractivity contribution in [1.82, 2.24) is 20.1 Å². The third-order valence-electron chi connectivity index (χ3n) is 3.27. The van der Waals surface area contributed by atoms with Crippen LogP contribution in [0.2, 0.25) is 0 Å². The number of benzene rings is 1. The predicted molar refractivity (Wildman–Crippen MR) is 76.9 cm³/mol. The summed E-state index contributed by atoms with van der Waals surface area (Å²) in [4.78, 5) is 1.28. The Bertz CT molecular complexity index is 531. The number of nitrogens with zero attached hydrogens (tertiary/aromatic N) is 3. The molecule has 0 amide bonds. The summed E-state index contributed by atoms with van der Waals surface area (Å²) in [5.74, 6) is 1.86. The van der Waals surface area contributed by atoms with E-state index in [0.29, 0.717) is 0 Å². The fraction of sp³-hybridized carbons (Fsp3) is 0.429. The monoisotopic (exact) mass is 274 g/mol. The predicted octanol–water partition coefficient (Wildman–Crippen LogP) is 2.36. The number of hydrogen-bond acceptors (Lipinski definition) is 4. The molecule has 0 spiro atoms. The van der Waals surface area contributed by atoms with Crippen molar-refractivity contribution in [2.45, 2.75) is 36.1 Å². The maximum atomic E-state index is 4.09. The Morgan fingerprint density at radius 1 is 1.32 bits per heavy atom. The van der Waals surface area contributed by atoms with E-state index < -0.39 is 0 Å². The molecule has 5 heteroatoms. The first-order valence-corrected chi connectivity index (χ1v) is 7.58. The summed E-state index contributed by atoms with van der Waals surface area (Å²) in [5, 5.41) is 11.5. The van der Waals surface area contributed by atoms with Crippen LogP contribution in [0.25, 0.3) is 0 Å². The van der Waals surface area contributed by atoms with Gasteiger partial charge in [0.2, 0.25) is 0 Å². The van der Waals surface area contributed by atoms with E-state index in [1.54, 1.807) is 18.1 Å². The Kier molecular flexibility index (Phi) is 3.84. The largest absolute Gasteiger partial charge is 0.320 e. The van der Waals surface area contributed by atoms with Crippen molar-refractivity contribution < 1.29 is 0 Å². The van der Waals surface area contributed by atoms with Gasteiger partial charge in [0.25, 0.3) is 0 Å². The van der Waals surface area contributed by atoms with Crippen LogP contribution >= 0.6 is 11.8 Å². The van der Waals surface area contributed by atoms with E-state index in [1.165, 1.54) is 23.3 Å². The second kappa shape index (κ2) is 5.75. The van der Waals surface area contributed by atoms with Crippen LogP contribution in [-0.4, -0.2) is 20.8 Å². The summed E-state index contributed by atoms with van der Waals surface area (Å²) in [6.45, 7) is 0.985. The van der Waals surface area contributed by atoms with Crippen molar-refractivity contribution in [3.05, 3.63) is 42.0 Å². The molecule has 1 aromatic carbocycles. The van der Waals surface area contributed by atoms with Gasteiger partial charge in [-0.05, 0) is 30.5 Å². The fourth-order valence-electron chi connectivity index (χ4n) is 1.84. The molecular weight excluding hydrogens is 256 g/mol. The van der Waals surface area contributed by atoms with Crippen molar-refractivity contribution in [2.75, 3.05) is 0 Å². The number of aryl methyl sites for hydroxylation is 1. The van der Waals surface area contributed by atoms with Crippen LogP contribution in [0.5, 0.6) is 0 Å². The van der Waals surface area contributed by atoms with E-state index in [4.69, 9.17) is 0 Å². The van der Waals surface area contributed by atoms with E-state index in [0.717, 1.165) is 24.2 Å². The second-order valence-corrected chi connectivity index (χ2v) is 5.99. The molecule has 0 aliphatic heterocycles. The molecular formula is C14H18N4S. The van der Waals surface area contributed by atoms with Crippen LogP contribution in [0.4, 0.5) is 0 Å². The van der Waals surface area contributed by atoms with Gasteiger partial charge in [0.15, 0.2) is 0 Å². The van der Waals surface area contributed by atoms with Gasteiger partial charge in [0.1, 0.15) is 12.2 Å². The SMILES string of the molecule is Cn1cnnc1CSc1ccc(CNC2CC2)cc1. The third-order valence-corrected chi connectivity index (χ3v) is 4.28. The minimum atomic E-state index is 0.768. The quantitative estimate of drug-likeness (QED) is 0.821. The van der Waals surface area contributed by atoms with Crippen molar-refractivity contribution in [1.29, 1.82) is 0 Å². The third kappa shape index (κ3) is 3.58. The summed E-state index contributed by atoms with van der Waals surface area (Å²) in [6.07, 6.45) is 4.42. The Labute approximate surface area is 117 Å². The molecule has 0 radical (unpaired) electrons. The van der Waals surface area contributed by atoms with Crippen LogP contribution in [0.15, 0.2) is 35.5 Å². The van der Waals surface area contributed by atoms with Crippen LogP contribution in [0, 0.1) is 0 Å². The van der Waals surface area contributed by atoms with Crippen molar-refractivity contribution in [3.8, 4) is 0 Å². The highest BCUT2D eigenvalue weighted by Crippen LogP contribution is 2.23. The lowest BCUT2D eigenvalue weighted by Gasteiger charge is -2.05. The number of nitrogens with one attached hydrogen (secondary N) is 1. The molecule has 0 bridgehead atoms. The zero-order valence-electron chi connectivity index (χ0n) is 11.0. The summed E-state index contributed by atoms with van der Waals surface area (Å²) in [5.41, 5.74) is 1.36. The summed E-state index contributed by atoms with van der Waals surface area (Å²) in [7, 11) is 1.97. The smallest absolute Gasteiger partial charge is 0.142 e. The maximum absolute atomic E-state index is 4.09. The Morgan fingerprint density at radius 3 is 2.74 bits per heavy atom. The number of hydrogen-bond donors (Lipinski definition) is 1. The molecule has 0 unspecified atom stereocenters. The van der Waals surface area contributed by atoms with Crippen LogP contribution in [-0.2, 0) is 19.3 Å². The molecule has 1 aromatic heterocycles. The average molecular weight is 274 g/mol. The molecule has 1 aliphatic carbocycles. The second-order valence-electron chi connectivity index (χ2n) is 4.95. The highest BCUT2D eigenvalue weighted by molar-refractivity contribution is 7.98. The van der Waals surface area contributed by atoms with Gasteiger partial charge in [0, 0.05) is 24.5 Å². The van der Waals surface area contributed by atoms with Gasteiger partial charge in [-0.15, -0.1) is 22.0 Å². The minimum absolute atomic E-state index is 0.768. The van der Waals surface area contributed by atoms with Crippen LogP contribution in [0.1, 0.15) is 24.2 Å². The number of aromatic nitrogens is 3. The molecule has 1 N–H and O–H groups in total. The molecule has 1 heterocycles. The standard InChI is InChI=1S/C14H18N4S/c1-18-10-16-17-14(18)9-19-13-6-2-11(3-7-13)8-15-12-4-5-12/h2-3,6-7,10,12,15H,4-5,8-9H2,1H3. The van der Waals surface area contributed by atoms with Crippen molar-refractivity contribution in [3.63, 3.8) is 0 Å². The molecule has 1 aliphatic rings. The van der Waals surface area contributed by atoms with Gasteiger partial charge in [-0.2, -0.15) is 0 Å². The lowest BCUT2D eigenvalue weighted by molar-refractivity contribution is 0.687. The van der Waals surface area contributed by atoms with Crippen molar-refractivity contribution in [2.24, 2.45) is 7.05 Å². The van der Waals surface area contributed by atoms with Crippen molar-refractivity contribution >= 4 is 11.8 Å². The summed E-state index contributed by atoms with van der Waals surface area (Å²) >= 11 is 1.79. The first-order valence-electron chi connectivity index (χ1n) is 6.59. The summed E-state index contributed by atoms with van der Waals surface area (Å²) in [6, 6.07) is 9.54. The first kappa shape index (κ1) is 12.7. The van der Waals surface area contributed by atoms with Gasteiger partial charge >= 0.3 is 0 Å². The zero-order valence-corrected chi connectivity index (χ0v) is 11.9. The van der Waals surface area contributed by atoms with E-state index in [9.17, 15) is 0 Å². The van der Waals surface area contributed by atoms with E-state index in [2.05, 4.69) is 39.8 Å². The lowest BCUT2D eigenvalue weighted by Crippen LogP contribution is -2.14. The average Bonchev–Trinajstić information content (AvgIpc) is 3.18. The molecule has 3 rings (SSSR count). The molecule has 0 saturated heterocycles. The van der Waals surface area contributed by atoms with Crippen LogP contribution < -0.4 is 5.32 Å². The molecule has 100 valence electrons. The highest BCUT2D eigenvalue weighted by atomic mass is 32.2. The van der Waals surface area contributed by atoms with Crippen LogP contribution in [0.3, 0.4) is 0 Å². The molecule has 1 fully saturated rings. The van der Waals surface area contributed by atoms with Gasteiger partial charge < -0.3 is 9.88 Å². The van der Waals surface area contributed by atoms with Gasteiger partial charge in [0.05, 0.1) is 5.75 Å². The molecule has 0 atom stereocenters. The lowest BCUT2D eigenvalue weighted by atomic mass is 10.2. The Morgan fingerprint density at radius 2 is 2.11 bits per heavy atom. The van der Waals surface area contributed by atoms with E-state index in [-0.39, 0.29) is 0 Å². The number of rotatable bonds is 6. The fourth-order valence-corrected chi connectivity index (χ4v) is 2.72. The highest BCUT2D eigenvalue weighted by Gasteiger charge is 2.19. The van der Waals surface area contributed by atoms with Gasteiger partial charge in [-0.1, -0.05) is 12.1 Å². The topological polar surface area (TPSA) is 42.7 Å².